The fourth-order valence-electron chi connectivity index (χ4n) is 2.77. The van der Waals surface area contributed by atoms with Gasteiger partial charge in [-0.3, -0.25) is 4.79 Å². The number of benzene rings is 1. The van der Waals surface area contributed by atoms with E-state index in [0.29, 0.717) is 12.1 Å². The van der Waals surface area contributed by atoms with Crippen LogP contribution >= 0.6 is 12.4 Å². The standard InChI is InChI=1S/C15H22N2O3S.ClH/c1-11(16)14-5-3-4-10-17(14)15(18)12-6-8-13(9-7-12)21(2,19)20;/h6-9,11,14H,3-5,10,16H2,1-2H3;1H. The Hall–Kier alpha value is -1.11. The molecule has 0 radical (unpaired) electrons. The predicted molar refractivity (Wildman–Crippen MR) is 89.1 cm³/mol. The van der Waals surface area contributed by atoms with Gasteiger partial charge < -0.3 is 10.6 Å². The number of piperidine rings is 1. The smallest absolute Gasteiger partial charge is 0.254 e. The van der Waals surface area contributed by atoms with Gasteiger partial charge in [-0.05, 0) is 50.5 Å². The van der Waals surface area contributed by atoms with Crippen LogP contribution in [-0.2, 0) is 9.84 Å². The second-order valence-electron chi connectivity index (χ2n) is 5.72. The Balaban J connectivity index is 0.00000242. The predicted octanol–water partition coefficient (Wildman–Crippen LogP) is 1.85. The molecular formula is C15H23ClN2O3S. The molecule has 1 heterocycles. The molecule has 2 rings (SSSR count). The van der Waals surface area contributed by atoms with Crippen LogP contribution < -0.4 is 5.73 Å². The lowest BCUT2D eigenvalue weighted by atomic mass is 9.96. The first-order valence-corrected chi connectivity index (χ1v) is 9.06. The van der Waals surface area contributed by atoms with Crippen molar-refractivity contribution in [1.29, 1.82) is 0 Å². The quantitative estimate of drug-likeness (QED) is 0.905. The van der Waals surface area contributed by atoms with Crippen LogP contribution in [0.3, 0.4) is 0 Å². The fourth-order valence-corrected chi connectivity index (χ4v) is 3.40. The van der Waals surface area contributed by atoms with Gasteiger partial charge in [0.1, 0.15) is 0 Å². The topological polar surface area (TPSA) is 80.5 Å². The molecule has 1 aliphatic rings. The Morgan fingerprint density at radius 1 is 1.27 bits per heavy atom. The summed E-state index contributed by atoms with van der Waals surface area (Å²) in [6.45, 7) is 2.63. The monoisotopic (exact) mass is 346 g/mol. The summed E-state index contributed by atoms with van der Waals surface area (Å²) in [5.41, 5.74) is 6.49. The zero-order valence-electron chi connectivity index (χ0n) is 12.9. The Labute approximate surface area is 138 Å². The van der Waals surface area contributed by atoms with Crippen molar-refractivity contribution in [2.75, 3.05) is 12.8 Å². The summed E-state index contributed by atoms with van der Waals surface area (Å²) >= 11 is 0. The summed E-state index contributed by atoms with van der Waals surface area (Å²) in [4.78, 5) is 14.6. The molecule has 1 saturated heterocycles. The van der Waals surface area contributed by atoms with E-state index in [1.807, 2.05) is 11.8 Å². The number of hydrogen-bond donors (Lipinski definition) is 1. The summed E-state index contributed by atoms with van der Waals surface area (Å²) < 4.78 is 22.9. The number of carbonyl (C=O) groups is 1. The molecule has 0 aliphatic carbocycles. The molecule has 0 saturated carbocycles. The van der Waals surface area contributed by atoms with E-state index in [9.17, 15) is 13.2 Å². The van der Waals surface area contributed by atoms with E-state index in [0.717, 1.165) is 25.5 Å². The molecule has 1 fully saturated rings. The van der Waals surface area contributed by atoms with Crippen LogP contribution in [0.15, 0.2) is 29.2 Å². The number of amides is 1. The third-order valence-electron chi connectivity index (χ3n) is 3.95. The van der Waals surface area contributed by atoms with Gasteiger partial charge in [0.05, 0.1) is 4.90 Å². The highest BCUT2D eigenvalue weighted by molar-refractivity contribution is 7.90. The average molecular weight is 347 g/mol. The zero-order chi connectivity index (χ0) is 15.6. The number of hydrogen-bond acceptors (Lipinski definition) is 4. The maximum atomic E-state index is 12.6. The summed E-state index contributed by atoms with van der Waals surface area (Å²) in [6, 6.07) is 6.10. The summed E-state index contributed by atoms with van der Waals surface area (Å²) in [6.07, 6.45) is 4.14. The van der Waals surface area contributed by atoms with E-state index in [2.05, 4.69) is 0 Å². The summed E-state index contributed by atoms with van der Waals surface area (Å²) in [7, 11) is -3.24. The van der Waals surface area contributed by atoms with E-state index in [4.69, 9.17) is 5.73 Å². The minimum Gasteiger partial charge on any atom is -0.334 e. The van der Waals surface area contributed by atoms with Crippen molar-refractivity contribution in [3.63, 3.8) is 0 Å². The number of sulfone groups is 1. The number of likely N-dealkylation sites (tertiary alicyclic amines) is 1. The van der Waals surface area contributed by atoms with E-state index < -0.39 is 9.84 Å². The molecule has 0 aromatic heterocycles. The fraction of sp³-hybridized carbons (Fsp3) is 0.533. The Kier molecular flexibility index (Phi) is 6.40. The molecule has 5 nitrogen and oxygen atoms in total. The Morgan fingerprint density at radius 3 is 2.36 bits per heavy atom. The van der Waals surface area contributed by atoms with Crippen molar-refractivity contribution in [3.8, 4) is 0 Å². The molecule has 22 heavy (non-hydrogen) atoms. The molecule has 2 atom stereocenters. The number of halogens is 1. The normalized spacial score (nSPS) is 20.1. The van der Waals surface area contributed by atoms with Gasteiger partial charge in [0, 0.05) is 30.4 Å². The second kappa shape index (κ2) is 7.44. The molecule has 124 valence electrons. The Morgan fingerprint density at radius 2 is 1.86 bits per heavy atom. The minimum atomic E-state index is -3.24. The summed E-state index contributed by atoms with van der Waals surface area (Å²) in [5.74, 6) is -0.0722. The van der Waals surface area contributed by atoms with Gasteiger partial charge in [0.25, 0.3) is 5.91 Å². The summed E-state index contributed by atoms with van der Waals surface area (Å²) in [5, 5.41) is 0. The van der Waals surface area contributed by atoms with E-state index >= 15 is 0 Å². The van der Waals surface area contributed by atoms with Crippen molar-refractivity contribution < 1.29 is 13.2 Å². The molecule has 7 heteroatoms. The van der Waals surface area contributed by atoms with Gasteiger partial charge in [0.2, 0.25) is 0 Å². The molecule has 1 aliphatic heterocycles. The highest BCUT2D eigenvalue weighted by Crippen LogP contribution is 2.22. The largest absolute Gasteiger partial charge is 0.334 e. The van der Waals surface area contributed by atoms with Crippen LogP contribution in [0.1, 0.15) is 36.5 Å². The van der Waals surface area contributed by atoms with Gasteiger partial charge in [-0.2, -0.15) is 0 Å². The number of nitrogens with two attached hydrogens (primary N) is 1. The molecule has 2 N–H and O–H groups in total. The van der Waals surface area contributed by atoms with Crippen molar-refractivity contribution in [2.45, 2.75) is 43.2 Å². The first-order valence-electron chi connectivity index (χ1n) is 7.17. The van der Waals surface area contributed by atoms with Crippen LogP contribution in [-0.4, -0.2) is 44.1 Å². The lowest BCUT2D eigenvalue weighted by Crippen LogP contribution is -2.51. The molecule has 1 aromatic rings. The third kappa shape index (κ3) is 4.21. The van der Waals surface area contributed by atoms with Crippen LogP contribution in [0.4, 0.5) is 0 Å². The van der Waals surface area contributed by atoms with Gasteiger partial charge in [-0.1, -0.05) is 0 Å². The lowest BCUT2D eigenvalue weighted by Gasteiger charge is -2.38. The van der Waals surface area contributed by atoms with Crippen molar-refractivity contribution >= 4 is 28.2 Å². The van der Waals surface area contributed by atoms with Crippen LogP contribution in [0, 0.1) is 0 Å². The first-order chi connectivity index (χ1) is 9.80. The molecule has 1 amide bonds. The minimum absolute atomic E-state index is 0. The number of carbonyl (C=O) groups excluding carboxylic acids is 1. The van der Waals surface area contributed by atoms with Crippen molar-refractivity contribution in [2.24, 2.45) is 5.73 Å². The van der Waals surface area contributed by atoms with Crippen molar-refractivity contribution in [3.05, 3.63) is 29.8 Å². The highest BCUT2D eigenvalue weighted by atomic mass is 35.5. The van der Waals surface area contributed by atoms with Gasteiger partial charge in [-0.15, -0.1) is 12.4 Å². The Bertz CT molecular complexity index is 614. The maximum absolute atomic E-state index is 12.6. The van der Waals surface area contributed by atoms with Crippen molar-refractivity contribution in [1.82, 2.24) is 4.90 Å². The highest BCUT2D eigenvalue weighted by Gasteiger charge is 2.29. The maximum Gasteiger partial charge on any atom is 0.254 e. The van der Waals surface area contributed by atoms with Gasteiger partial charge in [-0.25, -0.2) is 8.42 Å². The second-order valence-corrected chi connectivity index (χ2v) is 7.73. The van der Waals surface area contributed by atoms with Gasteiger partial charge >= 0.3 is 0 Å². The first kappa shape index (κ1) is 18.9. The SMILES string of the molecule is CC(N)C1CCCCN1C(=O)c1ccc(S(C)(=O)=O)cc1.Cl. The van der Waals surface area contributed by atoms with E-state index in [1.54, 1.807) is 12.1 Å². The van der Waals surface area contributed by atoms with E-state index in [1.165, 1.54) is 12.1 Å². The molecule has 0 bridgehead atoms. The van der Waals surface area contributed by atoms with E-state index in [-0.39, 0.29) is 35.3 Å². The molecule has 0 spiro atoms. The van der Waals surface area contributed by atoms with Crippen LogP contribution in [0.2, 0.25) is 0 Å². The molecule has 1 aromatic carbocycles. The lowest BCUT2D eigenvalue weighted by molar-refractivity contribution is 0.0583. The average Bonchev–Trinajstić information content (AvgIpc) is 2.45. The third-order valence-corrected chi connectivity index (χ3v) is 5.07. The zero-order valence-corrected chi connectivity index (χ0v) is 14.5. The van der Waals surface area contributed by atoms with Gasteiger partial charge in [0.15, 0.2) is 9.84 Å². The molecule has 2 unspecified atom stereocenters. The number of nitrogens with zero attached hydrogens (tertiary/aromatic N) is 1. The van der Waals surface area contributed by atoms with Crippen LogP contribution in [0.25, 0.3) is 0 Å². The molecular weight excluding hydrogens is 324 g/mol. The number of rotatable bonds is 3. The van der Waals surface area contributed by atoms with Crippen LogP contribution in [0.5, 0.6) is 0 Å².